The number of aliphatic imine (C=N–C) groups is 1. The number of guanidine groups is 1. The SMILES string of the molecule is CN=C(NCc1ccc(S(C)(=O)=O)c(C)c1)NCC1CCCc2ccccc21.I. The van der Waals surface area contributed by atoms with E-state index in [1.54, 1.807) is 13.1 Å². The number of aryl methyl sites for hydroxylation is 2. The van der Waals surface area contributed by atoms with E-state index in [1.807, 2.05) is 19.1 Å². The van der Waals surface area contributed by atoms with Gasteiger partial charge in [0.05, 0.1) is 4.90 Å². The zero-order valence-electron chi connectivity index (χ0n) is 17.2. The molecule has 1 atom stereocenters. The molecule has 158 valence electrons. The van der Waals surface area contributed by atoms with E-state index in [0.29, 0.717) is 17.4 Å². The van der Waals surface area contributed by atoms with Crippen molar-refractivity contribution < 1.29 is 8.42 Å². The smallest absolute Gasteiger partial charge is 0.191 e. The van der Waals surface area contributed by atoms with Gasteiger partial charge >= 0.3 is 0 Å². The number of sulfone groups is 1. The van der Waals surface area contributed by atoms with E-state index in [4.69, 9.17) is 0 Å². The molecule has 0 saturated carbocycles. The van der Waals surface area contributed by atoms with Crippen LogP contribution in [0, 0.1) is 6.92 Å². The minimum absolute atomic E-state index is 0. The highest BCUT2D eigenvalue weighted by Gasteiger charge is 2.19. The molecule has 2 aromatic carbocycles. The van der Waals surface area contributed by atoms with E-state index in [9.17, 15) is 8.42 Å². The Labute approximate surface area is 191 Å². The molecular weight excluding hydrogens is 497 g/mol. The van der Waals surface area contributed by atoms with Crippen LogP contribution in [0.25, 0.3) is 0 Å². The lowest BCUT2D eigenvalue weighted by Gasteiger charge is -2.26. The third-order valence-electron chi connectivity index (χ3n) is 5.33. The minimum Gasteiger partial charge on any atom is -0.356 e. The monoisotopic (exact) mass is 527 g/mol. The van der Waals surface area contributed by atoms with Gasteiger partial charge < -0.3 is 10.6 Å². The van der Waals surface area contributed by atoms with E-state index in [1.165, 1.54) is 36.6 Å². The topological polar surface area (TPSA) is 70.6 Å². The van der Waals surface area contributed by atoms with Crippen molar-refractivity contribution in [3.05, 3.63) is 64.7 Å². The van der Waals surface area contributed by atoms with E-state index >= 15 is 0 Å². The molecule has 29 heavy (non-hydrogen) atoms. The number of nitrogens with zero attached hydrogens (tertiary/aromatic N) is 1. The quantitative estimate of drug-likeness (QED) is 0.353. The van der Waals surface area contributed by atoms with Crippen LogP contribution in [0.15, 0.2) is 52.4 Å². The zero-order valence-corrected chi connectivity index (χ0v) is 20.4. The number of halogens is 1. The number of nitrogens with one attached hydrogen (secondary N) is 2. The lowest BCUT2D eigenvalue weighted by atomic mass is 9.83. The summed E-state index contributed by atoms with van der Waals surface area (Å²) in [6, 6.07) is 14.1. The first-order valence-electron chi connectivity index (χ1n) is 9.70. The summed E-state index contributed by atoms with van der Waals surface area (Å²) in [5, 5.41) is 6.77. The Kier molecular flexibility index (Phi) is 8.51. The van der Waals surface area contributed by atoms with Gasteiger partial charge in [-0.3, -0.25) is 4.99 Å². The van der Waals surface area contributed by atoms with Gasteiger partial charge in [0.1, 0.15) is 0 Å². The van der Waals surface area contributed by atoms with Crippen LogP contribution in [0.5, 0.6) is 0 Å². The molecule has 2 aromatic rings. The first-order chi connectivity index (χ1) is 13.4. The number of benzene rings is 2. The number of fused-ring (bicyclic) bond motifs is 1. The molecule has 1 aliphatic carbocycles. The van der Waals surface area contributed by atoms with Gasteiger partial charge in [-0.05, 0) is 54.5 Å². The van der Waals surface area contributed by atoms with Crippen molar-refractivity contribution in [3.8, 4) is 0 Å². The molecule has 0 heterocycles. The standard InChI is InChI=1S/C22H29N3O2S.HI/c1-16-13-17(11-12-21(16)28(3,26)27)14-24-22(23-2)25-15-19-9-6-8-18-7-4-5-10-20(18)19;/h4-5,7,10-13,19H,6,8-9,14-15H2,1-3H3,(H2,23,24,25);1H. The van der Waals surface area contributed by atoms with Crippen molar-refractivity contribution in [2.45, 2.75) is 43.5 Å². The van der Waals surface area contributed by atoms with Gasteiger partial charge in [0.25, 0.3) is 0 Å². The zero-order chi connectivity index (χ0) is 20.1. The maximum Gasteiger partial charge on any atom is 0.191 e. The third-order valence-corrected chi connectivity index (χ3v) is 6.59. The fourth-order valence-corrected chi connectivity index (χ4v) is 4.89. The van der Waals surface area contributed by atoms with Crippen LogP contribution in [-0.2, 0) is 22.8 Å². The fourth-order valence-electron chi connectivity index (χ4n) is 3.93. The van der Waals surface area contributed by atoms with Gasteiger partial charge in [0.2, 0.25) is 0 Å². The third kappa shape index (κ3) is 6.18. The molecule has 0 radical (unpaired) electrons. The van der Waals surface area contributed by atoms with Gasteiger partial charge in [0, 0.05) is 32.3 Å². The largest absolute Gasteiger partial charge is 0.356 e. The first kappa shape index (κ1) is 23.7. The van der Waals surface area contributed by atoms with E-state index in [2.05, 4.69) is 39.9 Å². The molecule has 0 spiro atoms. The minimum atomic E-state index is -3.19. The summed E-state index contributed by atoms with van der Waals surface area (Å²) in [7, 11) is -1.42. The Bertz CT molecular complexity index is 974. The Hall–Kier alpha value is -1.61. The molecule has 0 aromatic heterocycles. The highest BCUT2D eigenvalue weighted by molar-refractivity contribution is 14.0. The van der Waals surface area contributed by atoms with Gasteiger partial charge in [-0.1, -0.05) is 36.4 Å². The Balaban J connectivity index is 0.00000300. The number of rotatable bonds is 5. The van der Waals surface area contributed by atoms with Crippen LogP contribution in [0.1, 0.15) is 41.0 Å². The van der Waals surface area contributed by atoms with Crippen LogP contribution >= 0.6 is 24.0 Å². The summed E-state index contributed by atoms with van der Waals surface area (Å²) in [5.41, 5.74) is 4.70. The van der Waals surface area contributed by atoms with E-state index in [0.717, 1.165) is 23.6 Å². The normalized spacial score (nSPS) is 16.5. The Morgan fingerprint density at radius 3 is 2.62 bits per heavy atom. The summed E-state index contributed by atoms with van der Waals surface area (Å²) in [6.45, 7) is 3.27. The molecule has 0 aliphatic heterocycles. The van der Waals surface area contributed by atoms with Crippen molar-refractivity contribution in [1.82, 2.24) is 10.6 Å². The van der Waals surface area contributed by atoms with Crippen LogP contribution in [-0.4, -0.2) is 34.2 Å². The Morgan fingerprint density at radius 2 is 1.93 bits per heavy atom. The molecule has 2 N–H and O–H groups in total. The van der Waals surface area contributed by atoms with Gasteiger partial charge in [-0.2, -0.15) is 0 Å². The highest BCUT2D eigenvalue weighted by Crippen LogP contribution is 2.30. The summed E-state index contributed by atoms with van der Waals surface area (Å²) in [6.07, 6.45) is 4.82. The van der Waals surface area contributed by atoms with Gasteiger partial charge in [-0.25, -0.2) is 8.42 Å². The lowest BCUT2D eigenvalue weighted by molar-refractivity contribution is 0.539. The van der Waals surface area contributed by atoms with E-state index < -0.39 is 9.84 Å². The van der Waals surface area contributed by atoms with Gasteiger partial charge in [-0.15, -0.1) is 24.0 Å². The molecule has 7 heteroatoms. The van der Waals surface area contributed by atoms with Crippen molar-refractivity contribution >= 4 is 39.8 Å². The van der Waals surface area contributed by atoms with Crippen molar-refractivity contribution in [1.29, 1.82) is 0 Å². The molecular formula is C22H30IN3O2S. The summed E-state index contributed by atoms with van der Waals surface area (Å²) in [4.78, 5) is 4.71. The van der Waals surface area contributed by atoms with Crippen LogP contribution in [0.4, 0.5) is 0 Å². The van der Waals surface area contributed by atoms with Crippen LogP contribution in [0.2, 0.25) is 0 Å². The number of hydrogen-bond acceptors (Lipinski definition) is 3. The second-order valence-corrected chi connectivity index (χ2v) is 9.45. The van der Waals surface area contributed by atoms with Crippen molar-refractivity contribution in [2.75, 3.05) is 19.8 Å². The predicted octanol–water partition coefficient (Wildman–Crippen LogP) is 3.80. The Morgan fingerprint density at radius 1 is 1.17 bits per heavy atom. The average Bonchev–Trinajstić information content (AvgIpc) is 2.67. The summed E-state index contributed by atoms with van der Waals surface area (Å²) >= 11 is 0. The van der Waals surface area contributed by atoms with Gasteiger partial charge in [0.15, 0.2) is 15.8 Å². The second-order valence-electron chi connectivity index (χ2n) is 7.47. The number of hydrogen-bond donors (Lipinski definition) is 2. The van der Waals surface area contributed by atoms with E-state index in [-0.39, 0.29) is 24.0 Å². The molecule has 3 rings (SSSR count). The summed E-state index contributed by atoms with van der Waals surface area (Å²) < 4.78 is 23.5. The molecule has 0 bridgehead atoms. The molecule has 1 unspecified atom stereocenters. The molecule has 5 nitrogen and oxygen atoms in total. The van der Waals surface area contributed by atoms with Crippen molar-refractivity contribution in [3.63, 3.8) is 0 Å². The maximum atomic E-state index is 11.8. The molecule has 0 amide bonds. The van der Waals surface area contributed by atoms with Crippen LogP contribution in [0.3, 0.4) is 0 Å². The molecule has 0 fully saturated rings. The summed E-state index contributed by atoms with van der Waals surface area (Å²) in [5.74, 6) is 1.26. The average molecular weight is 527 g/mol. The van der Waals surface area contributed by atoms with Crippen LogP contribution < -0.4 is 10.6 Å². The maximum absolute atomic E-state index is 11.8. The predicted molar refractivity (Wildman–Crippen MR) is 130 cm³/mol. The highest BCUT2D eigenvalue weighted by atomic mass is 127. The first-order valence-corrected chi connectivity index (χ1v) is 11.6. The fraction of sp³-hybridized carbons (Fsp3) is 0.409. The van der Waals surface area contributed by atoms with Crippen molar-refractivity contribution in [2.24, 2.45) is 4.99 Å². The molecule has 1 aliphatic rings. The second kappa shape index (κ2) is 10.4. The lowest BCUT2D eigenvalue weighted by Crippen LogP contribution is -2.39. The molecule has 0 saturated heterocycles.